The molecule has 0 heterocycles. The van der Waals surface area contributed by atoms with Gasteiger partial charge >= 0.3 is 0 Å². The maximum absolute atomic E-state index is 12.5. The molecule has 3 N–H and O–H groups in total. The van der Waals surface area contributed by atoms with Gasteiger partial charge in [-0.15, -0.1) is 0 Å². The second kappa shape index (κ2) is 5.69. The third kappa shape index (κ3) is 4.87. The average molecular weight is 197 g/mol. The van der Waals surface area contributed by atoms with Crippen LogP contribution in [0.5, 0.6) is 0 Å². The summed E-state index contributed by atoms with van der Waals surface area (Å²) in [4.78, 5) is 14.1. The topological polar surface area (TPSA) is 67.5 Å². The number of hydrogen-bond acceptors (Lipinski definition) is 2. The molecule has 0 aliphatic heterocycles. The first-order chi connectivity index (χ1) is 6.47. The zero-order valence-electron chi connectivity index (χ0n) is 7.88. The molecule has 0 rings (SSSR count). The highest BCUT2D eigenvalue weighted by Crippen LogP contribution is 1.97. The number of hydrogen-bond donors (Lipinski definition) is 2. The number of amidine groups is 1. The van der Waals surface area contributed by atoms with Crippen LogP contribution in [0.4, 0.5) is 4.39 Å². The van der Waals surface area contributed by atoms with Crippen molar-refractivity contribution < 1.29 is 9.18 Å². The van der Waals surface area contributed by atoms with Crippen molar-refractivity contribution in [2.45, 2.75) is 6.92 Å². The van der Waals surface area contributed by atoms with E-state index in [2.05, 4.69) is 23.5 Å². The van der Waals surface area contributed by atoms with E-state index >= 15 is 0 Å². The van der Waals surface area contributed by atoms with E-state index in [1.807, 2.05) is 0 Å². The second-order valence-electron chi connectivity index (χ2n) is 2.39. The lowest BCUT2D eigenvalue weighted by molar-refractivity contribution is -0.118. The van der Waals surface area contributed by atoms with E-state index in [1.54, 1.807) is 0 Å². The Morgan fingerprint density at radius 2 is 2.21 bits per heavy atom. The Morgan fingerprint density at radius 1 is 1.64 bits per heavy atom. The number of nitrogens with two attached hydrogens (primary N) is 1. The molecule has 0 unspecified atom stereocenters. The minimum Gasteiger partial charge on any atom is -0.382 e. The van der Waals surface area contributed by atoms with Gasteiger partial charge in [-0.05, 0) is 6.08 Å². The van der Waals surface area contributed by atoms with Crippen molar-refractivity contribution in [3.63, 3.8) is 0 Å². The van der Waals surface area contributed by atoms with Gasteiger partial charge < -0.3 is 11.1 Å². The number of rotatable bonds is 4. The predicted molar refractivity (Wildman–Crippen MR) is 54.0 cm³/mol. The molecular formula is C9H12FN3O. The molecule has 5 heteroatoms. The monoisotopic (exact) mass is 197 g/mol. The normalized spacial score (nSPS) is 12.1. The van der Waals surface area contributed by atoms with Crippen molar-refractivity contribution >= 4 is 11.7 Å². The summed E-state index contributed by atoms with van der Waals surface area (Å²) in [5.74, 6) is -0.998. The van der Waals surface area contributed by atoms with Crippen LogP contribution in [-0.2, 0) is 4.79 Å². The highest BCUT2D eigenvalue weighted by atomic mass is 19.1. The van der Waals surface area contributed by atoms with Crippen LogP contribution in [0.15, 0.2) is 42.0 Å². The number of amides is 1. The molecule has 1 amide bonds. The zero-order valence-corrected chi connectivity index (χ0v) is 7.88. The molecule has 0 fully saturated rings. The number of aliphatic imine (C=N–C) groups is 1. The van der Waals surface area contributed by atoms with Gasteiger partial charge in [0.2, 0.25) is 5.91 Å². The van der Waals surface area contributed by atoms with Crippen LogP contribution in [0.25, 0.3) is 0 Å². The largest absolute Gasteiger partial charge is 0.382 e. The van der Waals surface area contributed by atoms with Crippen LogP contribution < -0.4 is 11.1 Å². The number of carbonyl (C=O) groups excluding carboxylic acids is 1. The molecule has 0 saturated carbocycles. The highest BCUT2D eigenvalue weighted by Gasteiger charge is 1.99. The van der Waals surface area contributed by atoms with Gasteiger partial charge in [0.25, 0.3) is 0 Å². The smallest absolute Gasteiger partial charge is 0.221 e. The van der Waals surface area contributed by atoms with E-state index in [-0.39, 0.29) is 17.4 Å². The van der Waals surface area contributed by atoms with Crippen LogP contribution >= 0.6 is 0 Å². The van der Waals surface area contributed by atoms with Gasteiger partial charge in [0, 0.05) is 6.92 Å². The lowest BCUT2D eigenvalue weighted by atomic mass is 10.4. The lowest BCUT2D eigenvalue weighted by Gasteiger charge is -2.03. The van der Waals surface area contributed by atoms with E-state index < -0.39 is 5.83 Å². The second-order valence-corrected chi connectivity index (χ2v) is 2.39. The number of carbonyl (C=O) groups is 1. The standard InChI is InChI=1S/C9H12FN3O/c1-4-8(10)5-12-9(11)6(2)13-7(3)14/h4-5H,1-2H2,3H3,(H2,11,12)(H,13,14)/b8-5+. The molecule has 0 bridgehead atoms. The van der Waals surface area contributed by atoms with Crippen LogP contribution in [0.2, 0.25) is 0 Å². The fraction of sp³-hybridized carbons (Fsp3) is 0.111. The van der Waals surface area contributed by atoms with Crippen LogP contribution in [0.3, 0.4) is 0 Å². The lowest BCUT2D eigenvalue weighted by Crippen LogP contribution is -2.28. The van der Waals surface area contributed by atoms with Crippen molar-refractivity contribution in [1.29, 1.82) is 0 Å². The highest BCUT2D eigenvalue weighted by molar-refractivity contribution is 5.99. The maximum Gasteiger partial charge on any atom is 0.221 e. The summed E-state index contributed by atoms with van der Waals surface area (Å²) >= 11 is 0. The van der Waals surface area contributed by atoms with Crippen molar-refractivity contribution in [3.05, 3.63) is 37.0 Å². The Morgan fingerprint density at radius 3 is 2.64 bits per heavy atom. The quantitative estimate of drug-likeness (QED) is 0.401. The Bertz CT molecular complexity index is 318. The zero-order chi connectivity index (χ0) is 11.1. The van der Waals surface area contributed by atoms with E-state index in [4.69, 9.17) is 5.73 Å². The molecule has 0 radical (unpaired) electrons. The molecule has 76 valence electrons. The fourth-order valence-electron chi connectivity index (χ4n) is 0.538. The molecule has 4 nitrogen and oxygen atoms in total. The molecule has 0 aliphatic rings. The van der Waals surface area contributed by atoms with Crippen molar-refractivity contribution in [1.82, 2.24) is 5.32 Å². The van der Waals surface area contributed by atoms with E-state index in [1.165, 1.54) is 6.92 Å². The summed E-state index contributed by atoms with van der Waals surface area (Å²) < 4.78 is 12.5. The molecule has 0 aromatic rings. The van der Waals surface area contributed by atoms with Gasteiger partial charge in [-0.25, -0.2) is 9.38 Å². The first-order valence-corrected chi connectivity index (χ1v) is 3.75. The Labute approximate surface area is 81.7 Å². The van der Waals surface area contributed by atoms with E-state index in [0.717, 1.165) is 12.3 Å². The molecular weight excluding hydrogens is 185 g/mol. The van der Waals surface area contributed by atoms with Gasteiger partial charge in [-0.1, -0.05) is 13.2 Å². The Balaban J connectivity index is 4.46. The number of halogens is 1. The first kappa shape index (κ1) is 12.1. The van der Waals surface area contributed by atoms with Gasteiger partial charge in [-0.3, -0.25) is 4.79 Å². The summed E-state index contributed by atoms with van der Waals surface area (Å²) in [6, 6.07) is 0. The van der Waals surface area contributed by atoms with Crippen molar-refractivity contribution in [2.75, 3.05) is 0 Å². The molecule has 0 aliphatic carbocycles. The molecule has 0 aromatic heterocycles. The van der Waals surface area contributed by atoms with Crippen LogP contribution in [0, 0.1) is 0 Å². The summed E-state index contributed by atoms with van der Waals surface area (Å²) in [7, 11) is 0. The maximum atomic E-state index is 12.5. The van der Waals surface area contributed by atoms with E-state index in [0.29, 0.717) is 0 Å². The number of nitrogens with zero attached hydrogens (tertiary/aromatic N) is 1. The summed E-state index contributed by atoms with van der Waals surface area (Å²) in [6.07, 6.45) is 1.87. The van der Waals surface area contributed by atoms with Crippen LogP contribution in [0.1, 0.15) is 6.92 Å². The minimum atomic E-state index is -0.622. The predicted octanol–water partition coefficient (Wildman–Crippen LogP) is 0.990. The van der Waals surface area contributed by atoms with Crippen molar-refractivity contribution in [3.8, 4) is 0 Å². The molecule has 0 saturated heterocycles. The van der Waals surface area contributed by atoms with Crippen molar-refractivity contribution in [2.24, 2.45) is 10.7 Å². The summed E-state index contributed by atoms with van der Waals surface area (Å²) in [6.45, 7) is 7.92. The molecule has 0 atom stereocenters. The number of allylic oxidation sites excluding steroid dienone is 2. The van der Waals surface area contributed by atoms with Gasteiger partial charge in [0.1, 0.15) is 11.7 Å². The van der Waals surface area contributed by atoms with Crippen LogP contribution in [-0.4, -0.2) is 11.7 Å². The first-order valence-electron chi connectivity index (χ1n) is 3.75. The molecule has 14 heavy (non-hydrogen) atoms. The Hall–Kier alpha value is -1.91. The summed E-state index contributed by atoms with van der Waals surface area (Å²) in [5, 5.41) is 2.32. The molecule has 0 spiro atoms. The summed E-state index contributed by atoms with van der Waals surface area (Å²) in [5.41, 5.74) is 5.49. The third-order valence-electron chi connectivity index (χ3n) is 1.16. The Kier molecular flexibility index (Phi) is 4.91. The van der Waals surface area contributed by atoms with Gasteiger partial charge in [0.05, 0.1) is 11.9 Å². The van der Waals surface area contributed by atoms with Gasteiger partial charge in [0.15, 0.2) is 0 Å². The average Bonchev–Trinajstić information content (AvgIpc) is 2.12. The SMILES string of the molecule is C=C/C(F)=C\N=C(/N)C(=C)NC(C)=O. The minimum absolute atomic E-state index is 0.0581. The number of nitrogens with one attached hydrogen (secondary N) is 1. The van der Waals surface area contributed by atoms with Gasteiger partial charge in [-0.2, -0.15) is 0 Å². The third-order valence-corrected chi connectivity index (χ3v) is 1.16. The fourth-order valence-corrected chi connectivity index (χ4v) is 0.538. The van der Waals surface area contributed by atoms with E-state index in [9.17, 15) is 9.18 Å². The molecule has 0 aromatic carbocycles.